The van der Waals surface area contributed by atoms with Gasteiger partial charge in [-0.3, -0.25) is 0 Å². The van der Waals surface area contributed by atoms with E-state index in [9.17, 15) is 9.59 Å². The van der Waals surface area contributed by atoms with E-state index >= 15 is 0 Å². The zero-order valence-electron chi connectivity index (χ0n) is 44.9. The predicted molar refractivity (Wildman–Crippen MR) is 303 cm³/mol. The highest BCUT2D eigenvalue weighted by Crippen LogP contribution is 2.60. The van der Waals surface area contributed by atoms with Crippen molar-refractivity contribution in [3.63, 3.8) is 0 Å². The van der Waals surface area contributed by atoms with Crippen molar-refractivity contribution in [1.29, 1.82) is 0 Å². The fraction of sp³-hybridized carbons (Fsp3) is 0.242. The lowest BCUT2D eigenvalue weighted by molar-refractivity contribution is 0.0214. The first-order valence-corrected chi connectivity index (χ1v) is 26.4. The monoisotopic (exact) mass is 1010 g/mol. The average molecular weight is 1010 g/mol. The minimum absolute atomic E-state index is 0.290. The van der Waals surface area contributed by atoms with Gasteiger partial charge in [0.1, 0.15) is 23.0 Å². The zero-order valence-corrected chi connectivity index (χ0v) is 44.9. The molecule has 4 heterocycles. The number of esters is 2. The summed E-state index contributed by atoms with van der Waals surface area (Å²) in [5.41, 5.74) is 13.9. The Bertz CT molecular complexity index is 3440. The number of aryl methyl sites for hydroxylation is 2. The molecule has 0 aliphatic carbocycles. The van der Waals surface area contributed by atoms with Crippen LogP contribution in [0.1, 0.15) is 110 Å². The highest BCUT2D eigenvalue weighted by atomic mass is 16.6. The first-order chi connectivity index (χ1) is 36.6. The Morgan fingerprint density at radius 1 is 0.434 bits per heavy atom. The van der Waals surface area contributed by atoms with Gasteiger partial charge in [-0.25, -0.2) is 9.59 Å². The molecule has 382 valence electrons. The van der Waals surface area contributed by atoms with Crippen molar-refractivity contribution in [2.24, 2.45) is 0 Å². The molecule has 0 N–H and O–H groups in total. The van der Waals surface area contributed by atoms with Gasteiger partial charge in [-0.15, -0.1) is 0 Å². The fourth-order valence-corrected chi connectivity index (χ4v) is 12.3. The average Bonchev–Trinajstić information content (AvgIpc) is 4.11. The van der Waals surface area contributed by atoms with Gasteiger partial charge in [0.15, 0.2) is 11.2 Å². The normalized spacial score (nSPS) is 17.9. The van der Waals surface area contributed by atoms with Crippen LogP contribution in [0.5, 0.6) is 23.0 Å². The second-order valence-corrected chi connectivity index (χ2v) is 21.1. The van der Waals surface area contributed by atoms with Crippen LogP contribution in [0, 0.1) is 13.8 Å². The molecule has 76 heavy (non-hydrogen) atoms. The first kappa shape index (κ1) is 48.4. The van der Waals surface area contributed by atoms with Crippen molar-refractivity contribution in [2.75, 3.05) is 60.9 Å². The van der Waals surface area contributed by atoms with E-state index in [1.165, 1.54) is 11.1 Å². The van der Waals surface area contributed by atoms with Crippen molar-refractivity contribution >= 4 is 46.1 Å². The Balaban J connectivity index is 0.862. The topological polar surface area (TPSA) is 84.0 Å². The first-order valence-electron chi connectivity index (χ1n) is 26.4. The molecule has 0 saturated carbocycles. The molecule has 8 aromatic rings. The lowest BCUT2D eigenvalue weighted by Gasteiger charge is -2.38. The van der Waals surface area contributed by atoms with Gasteiger partial charge in [-0.2, -0.15) is 0 Å². The van der Waals surface area contributed by atoms with Crippen molar-refractivity contribution in [1.82, 2.24) is 0 Å². The van der Waals surface area contributed by atoms with Crippen molar-refractivity contribution < 1.29 is 28.5 Å². The molecule has 0 radical (unpaired) electrons. The molecule has 0 saturated heterocycles. The summed E-state index contributed by atoms with van der Waals surface area (Å²) in [5, 5.41) is 0. The van der Waals surface area contributed by atoms with Gasteiger partial charge < -0.3 is 38.5 Å². The van der Waals surface area contributed by atoms with E-state index in [0.717, 1.165) is 85.1 Å². The van der Waals surface area contributed by atoms with Gasteiger partial charge in [0, 0.05) is 126 Å². The number of nitrogens with zero attached hydrogens (tertiary/aromatic N) is 4. The van der Waals surface area contributed by atoms with Gasteiger partial charge in [-0.05, 0) is 141 Å². The number of ether oxygens (including phenoxy) is 4. The molecule has 4 aliphatic heterocycles. The molecule has 10 heteroatoms. The molecule has 0 fully saturated rings. The Kier molecular flexibility index (Phi) is 11.4. The number of rotatable bonds is 11. The molecule has 0 aromatic heterocycles. The van der Waals surface area contributed by atoms with Crippen molar-refractivity contribution in [2.45, 2.75) is 64.6 Å². The third-order valence-electron chi connectivity index (χ3n) is 16.6. The molecular weight excluding hydrogens is 945 g/mol. The fourth-order valence-electron chi connectivity index (χ4n) is 12.3. The quantitative estimate of drug-likeness (QED) is 0.117. The number of carbonyl (C=O) groups is 2. The third-order valence-corrected chi connectivity index (χ3v) is 16.6. The van der Waals surface area contributed by atoms with E-state index in [-0.39, 0.29) is 17.4 Å². The van der Waals surface area contributed by atoms with E-state index in [1.54, 1.807) is 0 Å². The number of benzene rings is 8. The summed E-state index contributed by atoms with van der Waals surface area (Å²) in [4.78, 5) is 36.2. The maximum Gasteiger partial charge on any atom is 0.340 e. The molecule has 4 aliphatic rings. The number of hydrogen-bond donors (Lipinski definition) is 0. The summed E-state index contributed by atoms with van der Waals surface area (Å²) in [6.07, 6.45) is 0.883. The second kappa shape index (κ2) is 17.8. The molecule has 12 rings (SSSR count). The van der Waals surface area contributed by atoms with E-state index in [2.05, 4.69) is 136 Å². The Labute approximate surface area is 445 Å². The van der Waals surface area contributed by atoms with Gasteiger partial charge in [0.05, 0.1) is 11.1 Å². The van der Waals surface area contributed by atoms with E-state index in [0.29, 0.717) is 47.2 Å². The largest absolute Gasteiger partial charge is 0.456 e. The van der Waals surface area contributed by atoms with Gasteiger partial charge in [0.2, 0.25) is 0 Å². The highest BCUT2D eigenvalue weighted by molar-refractivity contribution is 5.98. The van der Waals surface area contributed by atoms with Crippen LogP contribution in [-0.4, -0.2) is 53.2 Å². The summed E-state index contributed by atoms with van der Waals surface area (Å²) < 4.78 is 26.6. The lowest BCUT2D eigenvalue weighted by Crippen LogP contribution is -2.33. The number of carbonyl (C=O) groups excluding carboxylic acids is 2. The summed E-state index contributed by atoms with van der Waals surface area (Å²) >= 11 is 0. The summed E-state index contributed by atoms with van der Waals surface area (Å²) in [6.45, 7) is 14.5. The summed E-state index contributed by atoms with van der Waals surface area (Å²) in [7, 11) is 8.01. The van der Waals surface area contributed by atoms with Gasteiger partial charge in [-0.1, -0.05) is 74.5 Å². The lowest BCUT2D eigenvalue weighted by atomic mass is 9.74. The predicted octanol–water partition coefficient (Wildman–Crippen LogP) is 14.6. The molecule has 0 amide bonds. The maximum absolute atomic E-state index is 13.7. The van der Waals surface area contributed by atoms with E-state index in [1.807, 2.05) is 111 Å². The Morgan fingerprint density at radius 3 is 1.17 bits per heavy atom. The van der Waals surface area contributed by atoms with Crippen LogP contribution in [0.25, 0.3) is 0 Å². The van der Waals surface area contributed by atoms with Gasteiger partial charge >= 0.3 is 11.9 Å². The Hall–Kier alpha value is -8.50. The smallest absolute Gasteiger partial charge is 0.340 e. The van der Waals surface area contributed by atoms with E-state index < -0.39 is 11.2 Å². The third kappa shape index (κ3) is 7.06. The van der Waals surface area contributed by atoms with Crippen LogP contribution >= 0.6 is 0 Å². The minimum Gasteiger partial charge on any atom is -0.456 e. The number of anilines is 6. The van der Waals surface area contributed by atoms with E-state index in [4.69, 9.17) is 18.9 Å². The molecule has 2 atom stereocenters. The second-order valence-electron chi connectivity index (χ2n) is 21.1. The van der Waals surface area contributed by atoms with Crippen LogP contribution in [0.15, 0.2) is 158 Å². The minimum atomic E-state index is -1.18. The highest BCUT2D eigenvalue weighted by Gasteiger charge is 2.55. The zero-order chi connectivity index (χ0) is 53.0. The summed E-state index contributed by atoms with van der Waals surface area (Å²) in [5.74, 6) is 1.97. The molecule has 10 nitrogen and oxygen atoms in total. The van der Waals surface area contributed by atoms with Crippen LogP contribution in [-0.2, 0) is 26.1 Å². The van der Waals surface area contributed by atoms with Crippen LogP contribution in [0.4, 0.5) is 34.1 Å². The van der Waals surface area contributed by atoms with Crippen LogP contribution < -0.4 is 29.1 Å². The van der Waals surface area contributed by atoms with Gasteiger partial charge in [0.25, 0.3) is 0 Å². The number of hydrogen-bond acceptors (Lipinski definition) is 10. The van der Waals surface area contributed by atoms with Crippen molar-refractivity contribution in [3.05, 3.63) is 224 Å². The molecule has 8 aromatic carbocycles. The Morgan fingerprint density at radius 2 is 0.803 bits per heavy atom. The summed E-state index contributed by atoms with van der Waals surface area (Å²) in [6, 6.07) is 54.1. The molecule has 2 spiro atoms. The molecular formula is C66H62N4O6. The van der Waals surface area contributed by atoms with Crippen LogP contribution in [0.3, 0.4) is 0 Å². The van der Waals surface area contributed by atoms with Crippen LogP contribution in [0.2, 0.25) is 0 Å². The number of fused-ring (bicyclic) bond motifs is 12. The van der Waals surface area contributed by atoms with Crippen molar-refractivity contribution in [3.8, 4) is 23.0 Å². The molecule has 2 unspecified atom stereocenters. The maximum atomic E-state index is 13.7. The SMILES string of the molecule is CCN(c1ccc(C(C)(CC)c2ccc(N(CC)c3cc4c(cc3C)Oc3cc(N(C)C)ccc3C43OC(=O)c4ccccc43)cc2)cc1)c1cc2c(cc1C)Oc1cc(N(C)C)ccc1C21OC(=O)c2ccccc21. The molecule has 0 bridgehead atoms. The standard InChI is InChI=1S/C66H62N4O6/c1-11-64(6,42-22-26-44(27-23-42)69(12-2)56-38-54-58(34-40(56)4)73-60-36-46(67(7)8)30-32-52(60)65(54)50-20-16-14-18-48(50)62(71)75-65)43-24-28-45(29-25-43)70(13-3)57-39-55-59(35-41(57)5)74-61-37-47(68(9)10)31-33-53(61)66(55)51-21-17-15-19-49(51)63(72)76-66/h14-39H,11-13H2,1-10H3.